The second-order valence-corrected chi connectivity index (χ2v) is 10.3. The van der Waals surface area contributed by atoms with E-state index in [1.165, 1.54) is 18.4 Å². The van der Waals surface area contributed by atoms with E-state index in [9.17, 15) is 9.59 Å². The predicted molar refractivity (Wildman–Crippen MR) is 127 cm³/mol. The lowest BCUT2D eigenvalue weighted by Gasteiger charge is -2.33. The number of rotatable bonds is 4. The van der Waals surface area contributed by atoms with E-state index < -0.39 is 0 Å². The second-order valence-electron chi connectivity index (χ2n) is 10.3. The van der Waals surface area contributed by atoms with Crippen molar-refractivity contribution in [3.05, 3.63) is 46.8 Å². The number of aryl methyl sites for hydroxylation is 1. The number of hydrogen-bond acceptors (Lipinski definition) is 5. The number of hydrogen-bond donors (Lipinski definition) is 1. The molecule has 0 radical (unpaired) electrons. The van der Waals surface area contributed by atoms with E-state index in [1.807, 2.05) is 4.90 Å². The van der Waals surface area contributed by atoms with Crippen LogP contribution in [-0.2, 0) is 22.7 Å². The molecule has 0 unspecified atom stereocenters. The van der Waals surface area contributed by atoms with Crippen LogP contribution in [0.5, 0.6) is 0 Å². The van der Waals surface area contributed by atoms with Crippen molar-refractivity contribution in [2.75, 3.05) is 13.1 Å². The lowest BCUT2D eigenvalue weighted by molar-refractivity contribution is -0.127. The molecule has 1 aliphatic carbocycles. The number of ether oxygens (including phenoxy) is 1. The minimum absolute atomic E-state index is 0.0176. The van der Waals surface area contributed by atoms with Gasteiger partial charge < -0.3 is 15.0 Å². The summed E-state index contributed by atoms with van der Waals surface area (Å²) in [5.41, 5.74) is 3.42. The molecule has 182 valence electrons. The van der Waals surface area contributed by atoms with Crippen LogP contribution in [0.4, 0.5) is 0 Å². The van der Waals surface area contributed by atoms with Crippen molar-refractivity contribution < 1.29 is 14.3 Å². The van der Waals surface area contributed by atoms with Crippen LogP contribution in [0.15, 0.2) is 24.3 Å². The van der Waals surface area contributed by atoms with Crippen molar-refractivity contribution >= 4 is 11.8 Å². The Morgan fingerprint density at radius 3 is 2.44 bits per heavy atom. The zero-order valence-electron chi connectivity index (χ0n) is 20.2. The van der Waals surface area contributed by atoms with Crippen LogP contribution in [-0.4, -0.2) is 50.8 Å². The average Bonchev–Trinajstić information content (AvgIpc) is 3.29. The topological polar surface area (TPSA) is 89.4 Å². The van der Waals surface area contributed by atoms with Crippen molar-refractivity contribution in [2.45, 2.75) is 77.7 Å². The van der Waals surface area contributed by atoms with Crippen LogP contribution in [0.2, 0.25) is 0 Å². The van der Waals surface area contributed by atoms with Gasteiger partial charge >= 0.3 is 0 Å². The summed E-state index contributed by atoms with van der Waals surface area (Å²) >= 11 is 0. The number of piperidine rings is 1. The molecule has 1 atom stereocenters. The van der Waals surface area contributed by atoms with Gasteiger partial charge in [-0.05, 0) is 56.9 Å². The maximum absolute atomic E-state index is 13.2. The van der Waals surface area contributed by atoms with Crippen molar-refractivity contribution in [3.8, 4) is 0 Å². The summed E-state index contributed by atoms with van der Waals surface area (Å²) in [5.74, 6) is 0.794. The van der Waals surface area contributed by atoms with E-state index in [-0.39, 0.29) is 23.8 Å². The molecule has 2 fully saturated rings. The number of carbonyl (C=O) groups excluding carboxylic acids is 2. The van der Waals surface area contributed by atoms with E-state index in [0.717, 1.165) is 30.0 Å². The Morgan fingerprint density at radius 1 is 1.03 bits per heavy atom. The highest BCUT2D eigenvalue weighted by Crippen LogP contribution is 2.29. The van der Waals surface area contributed by atoms with Crippen molar-refractivity contribution in [2.24, 2.45) is 11.8 Å². The van der Waals surface area contributed by atoms with Crippen LogP contribution in [0.3, 0.4) is 0 Å². The van der Waals surface area contributed by atoms with Gasteiger partial charge in [-0.25, -0.2) is 4.68 Å². The molecule has 1 saturated heterocycles. The third-order valence-corrected chi connectivity index (χ3v) is 7.76. The van der Waals surface area contributed by atoms with Crippen LogP contribution < -0.4 is 5.32 Å². The Hall–Kier alpha value is -2.74. The van der Waals surface area contributed by atoms with Crippen LogP contribution >= 0.6 is 0 Å². The van der Waals surface area contributed by atoms with E-state index in [1.54, 1.807) is 4.68 Å². The lowest BCUT2D eigenvalue weighted by Crippen LogP contribution is -2.46. The molecule has 1 aromatic heterocycles. The highest BCUT2D eigenvalue weighted by Gasteiger charge is 2.33. The SMILES string of the molecule is Cc1ccc([C@@H]2Cn3nnc(C(=O)N4CCC(C(=O)NC5CCC(C)CC5)CC4)c3CO2)cc1. The van der Waals surface area contributed by atoms with E-state index in [4.69, 9.17) is 4.74 Å². The van der Waals surface area contributed by atoms with E-state index in [2.05, 4.69) is 53.7 Å². The van der Waals surface area contributed by atoms with Gasteiger partial charge in [0.25, 0.3) is 5.91 Å². The summed E-state index contributed by atoms with van der Waals surface area (Å²) in [4.78, 5) is 27.8. The van der Waals surface area contributed by atoms with Crippen molar-refractivity contribution in [3.63, 3.8) is 0 Å². The van der Waals surface area contributed by atoms with Crippen molar-refractivity contribution in [1.82, 2.24) is 25.2 Å². The monoisotopic (exact) mass is 465 g/mol. The molecule has 34 heavy (non-hydrogen) atoms. The van der Waals surface area contributed by atoms with E-state index in [0.29, 0.717) is 50.8 Å². The lowest BCUT2D eigenvalue weighted by atomic mass is 9.86. The molecular formula is C26H35N5O3. The summed E-state index contributed by atoms with van der Waals surface area (Å²) in [6.07, 6.45) is 5.82. The Bertz CT molecular complexity index is 1020. The first-order chi connectivity index (χ1) is 16.5. The van der Waals surface area contributed by atoms with Gasteiger partial charge in [0.1, 0.15) is 6.10 Å². The highest BCUT2D eigenvalue weighted by molar-refractivity contribution is 5.93. The fraction of sp³-hybridized carbons (Fsp3) is 0.615. The smallest absolute Gasteiger partial charge is 0.276 e. The largest absolute Gasteiger partial charge is 0.365 e. The number of likely N-dealkylation sites (tertiary alicyclic amines) is 1. The molecule has 5 rings (SSSR count). The summed E-state index contributed by atoms with van der Waals surface area (Å²) in [5, 5.41) is 11.7. The number of nitrogens with one attached hydrogen (secondary N) is 1. The molecule has 1 saturated carbocycles. The number of carbonyl (C=O) groups is 2. The summed E-state index contributed by atoms with van der Waals surface area (Å²) in [6, 6.07) is 8.61. The number of aromatic nitrogens is 3. The van der Waals surface area contributed by atoms with Gasteiger partial charge in [-0.3, -0.25) is 9.59 Å². The summed E-state index contributed by atoms with van der Waals surface area (Å²) in [6.45, 7) is 6.33. The van der Waals surface area contributed by atoms with Gasteiger partial charge in [0.05, 0.1) is 18.8 Å². The highest BCUT2D eigenvalue weighted by atomic mass is 16.5. The Kier molecular flexibility index (Phi) is 6.68. The molecule has 8 nitrogen and oxygen atoms in total. The molecule has 3 aliphatic rings. The van der Waals surface area contributed by atoms with Crippen molar-refractivity contribution in [1.29, 1.82) is 0 Å². The van der Waals surface area contributed by atoms with Crippen LogP contribution in [0.25, 0.3) is 0 Å². The molecule has 8 heteroatoms. The van der Waals surface area contributed by atoms with Gasteiger partial charge in [0.2, 0.25) is 5.91 Å². The van der Waals surface area contributed by atoms with Gasteiger partial charge in [-0.2, -0.15) is 0 Å². The average molecular weight is 466 g/mol. The fourth-order valence-electron chi connectivity index (χ4n) is 5.38. The number of nitrogens with zero attached hydrogens (tertiary/aromatic N) is 4. The van der Waals surface area contributed by atoms with Gasteiger partial charge in [-0.15, -0.1) is 5.10 Å². The second kappa shape index (κ2) is 9.86. The molecule has 2 aliphatic heterocycles. The molecule has 3 heterocycles. The zero-order valence-corrected chi connectivity index (χ0v) is 20.2. The first kappa shape index (κ1) is 23.0. The number of amides is 2. The van der Waals surface area contributed by atoms with Crippen LogP contribution in [0, 0.1) is 18.8 Å². The first-order valence-electron chi connectivity index (χ1n) is 12.7. The molecule has 1 aromatic carbocycles. The minimum atomic E-state index is -0.112. The molecular weight excluding hydrogens is 430 g/mol. The predicted octanol–water partition coefficient (Wildman–Crippen LogP) is 3.41. The standard InChI is InChI=1S/C26H35N5O3/c1-17-3-7-19(8-4-17)23-15-31-22(16-34-23)24(28-29-31)26(33)30-13-11-20(12-14-30)25(32)27-21-9-5-18(2)6-10-21/h3-4,7-8,18,20-21,23H,5-6,9-16H2,1-2H3,(H,27,32)/t18?,21?,23-/m0/s1. The molecule has 1 N–H and O–H groups in total. The third-order valence-electron chi connectivity index (χ3n) is 7.76. The maximum atomic E-state index is 13.2. The summed E-state index contributed by atoms with van der Waals surface area (Å²) < 4.78 is 7.87. The number of fused-ring (bicyclic) bond motifs is 1. The van der Waals surface area contributed by atoms with Gasteiger partial charge in [0.15, 0.2) is 5.69 Å². The van der Waals surface area contributed by atoms with Gasteiger partial charge in [0, 0.05) is 25.0 Å². The Balaban J connectivity index is 1.15. The zero-order chi connectivity index (χ0) is 23.7. The van der Waals surface area contributed by atoms with E-state index >= 15 is 0 Å². The summed E-state index contributed by atoms with van der Waals surface area (Å²) in [7, 11) is 0. The Morgan fingerprint density at radius 2 is 1.74 bits per heavy atom. The minimum Gasteiger partial charge on any atom is -0.365 e. The maximum Gasteiger partial charge on any atom is 0.276 e. The Labute approximate surface area is 201 Å². The molecule has 2 aromatic rings. The first-order valence-corrected chi connectivity index (χ1v) is 12.7. The quantitative estimate of drug-likeness (QED) is 0.748. The normalized spacial score (nSPS) is 25.6. The van der Waals surface area contributed by atoms with Gasteiger partial charge in [-0.1, -0.05) is 42.0 Å². The molecule has 0 spiro atoms. The van der Waals surface area contributed by atoms with Crippen LogP contribution in [0.1, 0.15) is 78.9 Å². The molecule has 0 bridgehead atoms. The fourth-order valence-corrected chi connectivity index (χ4v) is 5.38. The third kappa shape index (κ3) is 4.87. The number of benzene rings is 1. The molecule has 2 amide bonds.